The van der Waals surface area contributed by atoms with Crippen molar-refractivity contribution in [2.75, 3.05) is 25.1 Å². The van der Waals surface area contributed by atoms with Crippen LogP contribution in [0.25, 0.3) is 0 Å². The molecular weight excluding hydrogens is 207 g/mol. The number of nitrogens with one attached hydrogen (secondary N) is 1. The smallest absolute Gasteiger partial charge is 0.129 e. The molecule has 0 amide bonds. The van der Waals surface area contributed by atoms with Gasteiger partial charge in [0.25, 0.3) is 0 Å². The van der Waals surface area contributed by atoms with Crippen molar-refractivity contribution in [1.82, 2.24) is 5.48 Å². The Balaban J connectivity index is 2.24. The van der Waals surface area contributed by atoms with Gasteiger partial charge in [-0.05, 0) is 25.0 Å². The third-order valence-electron chi connectivity index (χ3n) is 2.93. The first kappa shape index (κ1) is 11.4. The van der Waals surface area contributed by atoms with Gasteiger partial charge in [0.15, 0.2) is 0 Å². The fourth-order valence-corrected chi connectivity index (χ4v) is 2.12. The number of anilines is 1. The Morgan fingerprint density at radius 1 is 1.38 bits per heavy atom. The molecule has 0 bridgehead atoms. The first-order valence-electron chi connectivity index (χ1n) is 5.61. The number of benzene rings is 1. The van der Waals surface area contributed by atoms with Crippen LogP contribution in [0.15, 0.2) is 18.2 Å². The van der Waals surface area contributed by atoms with Gasteiger partial charge in [-0.25, -0.2) is 4.39 Å². The fraction of sp³-hybridized carbons (Fsp3) is 0.500. The van der Waals surface area contributed by atoms with Crippen molar-refractivity contribution in [3.05, 3.63) is 29.6 Å². The largest absolute Gasteiger partial charge is 0.371 e. The lowest BCUT2D eigenvalue weighted by molar-refractivity contribution is 0.0860. The van der Waals surface area contributed by atoms with Crippen LogP contribution in [0.5, 0.6) is 0 Å². The molecule has 0 unspecified atom stereocenters. The quantitative estimate of drug-likeness (QED) is 0.792. The maximum atomic E-state index is 13.7. The molecule has 4 heteroatoms. The summed E-state index contributed by atoms with van der Waals surface area (Å²) >= 11 is 0. The first-order valence-corrected chi connectivity index (χ1v) is 5.61. The molecule has 1 saturated heterocycles. The molecule has 0 spiro atoms. The Labute approximate surface area is 95.2 Å². The van der Waals surface area contributed by atoms with Crippen molar-refractivity contribution < 1.29 is 9.23 Å². The van der Waals surface area contributed by atoms with Crippen LogP contribution in [-0.4, -0.2) is 20.2 Å². The van der Waals surface area contributed by atoms with Crippen molar-refractivity contribution in [2.24, 2.45) is 0 Å². The van der Waals surface area contributed by atoms with Crippen LogP contribution in [0, 0.1) is 5.82 Å². The number of nitrogens with zero attached hydrogens (tertiary/aromatic N) is 1. The van der Waals surface area contributed by atoms with E-state index in [2.05, 4.69) is 10.4 Å². The van der Waals surface area contributed by atoms with E-state index in [0.29, 0.717) is 12.1 Å². The van der Waals surface area contributed by atoms with Gasteiger partial charge in [0.05, 0.1) is 13.7 Å². The van der Waals surface area contributed by atoms with Gasteiger partial charge in [-0.3, -0.25) is 0 Å². The minimum atomic E-state index is -0.172. The zero-order valence-corrected chi connectivity index (χ0v) is 9.50. The van der Waals surface area contributed by atoms with E-state index in [9.17, 15) is 4.39 Å². The number of hydrogen-bond donors (Lipinski definition) is 1. The van der Waals surface area contributed by atoms with Crippen LogP contribution in [0.2, 0.25) is 0 Å². The van der Waals surface area contributed by atoms with Crippen LogP contribution >= 0.6 is 0 Å². The molecule has 0 aromatic heterocycles. The molecule has 1 aliphatic heterocycles. The third-order valence-corrected chi connectivity index (χ3v) is 2.93. The van der Waals surface area contributed by atoms with Crippen molar-refractivity contribution in [3.63, 3.8) is 0 Å². The van der Waals surface area contributed by atoms with Gasteiger partial charge >= 0.3 is 0 Å². The molecule has 2 rings (SSSR count). The molecule has 1 N–H and O–H groups in total. The molecule has 1 aliphatic rings. The Kier molecular flexibility index (Phi) is 3.74. The van der Waals surface area contributed by atoms with Crippen molar-refractivity contribution in [1.29, 1.82) is 0 Å². The predicted molar refractivity (Wildman–Crippen MR) is 61.7 cm³/mol. The lowest BCUT2D eigenvalue weighted by Crippen LogP contribution is -2.22. The summed E-state index contributed by atoms with van der Waals surface area (Å²) < 4.78 is 13.7. The summed E-state index contributed by atoms with van der Waals surface area (Å²) in [5, 5.41) is 0. The highest BCUT2D eigenvalue weighted by molar-refractivity contribution is 5.54. The molecule has 3 nitrogen and oxygen atoms in total. The van der Waals surface area contributed by atoms with E-state index in [4.69, 9.17) is 4.84 Å². The topological polar surface area (TPSA) is 24.5 Å². The molecule has 1 aromatic rings. The highest BCUT2D eigenvalue weighted by Gasteiger charge is 2.17. The van der Waals surface area contributed by atoms with E-state index in [1.807, 2.05) is 6.07 Å². The third kappa shape index (κ3) is 2.33. The van der Waals surface area contributed by atoms with E-state index in [-0.39, 0.29) is 5.82 Å². The fourth-order valence-electron chi connectivity index (χ4n) is 2.12. The number of rotatable bonds is 4. The molecular formula is C12H17FN2O. The molecule has 0 atom stereocenters. The van der Waals surface area contributed by atoms with Gasteiger partial charge in [0.1, 0.15) is 5.82 Å². The molecule has 88 valence electrons. The SMILES string of the molecule is CONCc1c(F)cccc1N1CCCC1. The predicted octanol–water partition coefficient (Wildman–Crippen LogP) is 2.08. The Morgan fingerprint density at radius 2 is 2.12 bits per heavy atom. The van der Waals surface area contributed by atoms with Crippen molar-refractivity contribution >= 4 is 5.69 Å². The standard InChI is InChI=1S/C12H17FN2O/c1-16-14-9-10-11(13)5-4-6-12(10)15-7-2-3-8-15/h4-6,14H,2-3,7-9H2,1H3. The van der Waals surface area contributed by atoms with Gasteiger partial charge in [0, 0.05) is 24.3 Å². The summed E-state index contributed by atoms with van der Waals surface area (Å²) in [7, 11) is 1.54. The highest BCUT2D eigenvalue weighted by Crippen LogP contribution is 2.26. The maximum Gasteiger partial charge on any atom is 0.129 e. The maximum absolute atomic E-state index is 13.7. The summed E-state index contributed by atoms with van der Waals surface area (Å²) in [6.45, 7) is 2.43. The van der Waals surface area contributed by atoms with Crippen LogP contribution in [0.4, 0.5) is 10.1 Å². The number of hydroxylamine groups is 1. The van der Waals surface area contributed by atoms with E-state index in [1.165, 1.54) is 26.0 Å². The molecule has 1 fully saturated rings. The van der Waals surface area contributed by atoms with Crippen LogP contribution in [0.3, 0.4) is 0 Å². The summed E-state index contributed by atoms with van der Waals surface area (Å²) in [6.07, 6.45) is 2.38. The lowest BCUT2D eigenvalue weighted by Gasteiger charge is -2.21. The van der Waals surface area contributed by atoms with Gasteiger partial charge in [-0.1, -0.05) is 6.07 Å². The van der Waals surface area contributed by atoms with Crippen molar-refractivity contribution in [2.45, 2.75) is 19.4 Å². The highest BCUT2D eigenvalue weighted by atomic mass is 19.1. The molecule has 16 heavy (non-hydrogen) atoms. The summed E-state index contributed by atoms with van der Waals surface area (Å²) in [4.78, 5) is 7.02. The van der Waals surface area contributed by atoms with E-state index >= 15 is 0 Å². The Bertz CT molecular complexity index is 351. The van der Waals surface area contributed by atoms with Crippen LogP contribution in [0.1, 0.15) is 18.4 Å². The Hall–Kier alpha value is -1.13. The van der Waals surface area contributed by atoms with E-state index in [0.717, 1.165) is 18.8 Å². The molecule has 0 aliphatic carbocycles. The van der Waals surface area contributed by atoms with Gasteiger partial charge < -0.3 is 9.74 Å². The summed E-state index contributed by atoms with van der Waals surface area (Å²) in [5.74, 6) is -0.172. The average molecular weight is 224 g/mol. The number of hydrogen-bond acceptors (Lipinski definition) is 3. The van der Waals surface area contributed by atoms with Crippen molar-refractivity contribution in [3.8, 4) is 0 Å². The summed E-state index contributed by atoms with van der Waals surface area (Å²) in [5.41, 5.74) is 4.38. The molecule has 0 radical (unpaired) electrons. The normalized spacial score (nSPS) is 15.8. The monoisotopic (exact) mass is 224 g/mol. The minimum absolute atomic E-state index is 0.172. The van der Waals surface area contributed by atoms with E-state index in [1.54, 1.807) is 6.07 Å². The molecule has 0 saturated carbocycles. The molecule has 1 aromatic carbocycles. The Morgan fingerprint density at radius 3 is 2.81 bits per heavy atom. The lowest BCUT2D eigenvalue weighted by atomic mass is 10.1. The van der Waals surface area contributed by atoms with Gasteiger partial charge in [-0.2, -0.15) is 5.48 Å². The zero-order valence-electron chi connectivity index (χ0n) is 9.50. The minimum Gasteiger partial charge on any atom is -0.371 e. The number of halogens is 1. The van der Waals surface area contributed by atoms with Crippen LogP contribution < -0.4 is 10.4 Å². The van der Waals surface area contributed by atoms with Gasteiger partial charge in [0.2, 0.25) is 0 Å². The second-order valence-electron chi connectivity index (χ2n) is 3.96. The molecule has 1 heterocycles. The second kappa shape index (κ2) is 5.27. The zero-order chi connectivity index (χ0) is 11.4. The van der Waals surface area contributed by atoms with Crippen LogP contribution in [-0.2, 0) is 11.4 Å². The first-order chi connectivity index (χ1) is 7.83. The second-order valence-corrected chi connectivity index (χ2v) is 3.96. The van der Waals surface area contributed by atoms with Gasteiger partial charge in [-0.15, -0.1) is 0 Å². The average Bonchev–Trinajstić information content (AvgIpc) is 2.80. The summed E-state index contributed by atoms with van der Waals surface area (Å²) in [6, 6.07) is 5.23. The van der Waals surface area contributed by atoms with E-state index < -0.39 is 0 Å².